The number of pyridine rings is 2. The molecule has 0 spiro atoms. The molecule has 0 N–H and O–H groups in total. The van der Waals surface area contributed by atoms with Crippen molar-refractivity contribution in [3.8, 4) is 11.4 Å². The maximum absolute atomic E-state index is 12.4. The van der Waals surface area contributed by atoms with Crippen LogP contribution in [0.25, 0.3) is 17.0 Å². The molecule has 1 saturated heterocycles. The van der Waals surface area contributed by atoms with E-state index in [-0.39, 0.29) is 11.8 Å². The summed E-state index contributed by atoms with van der Waals surface area (Å²) in [4.78, 5) is 23.9. The average Bonchev–Trinajstić information content (AvgIpc) is 3.15. The number of halogens is 1. The number of fused-ring (bicyclic) bond motifs is 1. The minimum absolute atomic E-state index is 0.277. The van der Waals surface area contributed by atoms with E-state index in [4.69, 9.17) is 16.6 Å². The van der Waals surface area contributed by atoms with Crippen molar-refractivity contribution in [2.45, 2.75) is 44.9 Å². The molecule has 1 amide bonds. The molecule has 6 heteroatoms. The maximum atomic E-state index is 12.4. The van der Waals surface area contributed by atoms with Gasteiger partial charge >= 0.3 is 0 Å². The highest BCUT2D eigenvalue weighted by Crippen LogP contribution is 2.28. The Morgan fingerprint density at radius 2 is 2.18 bits per heavy atom. The van der Waals surface area contributed by atoms with Crippen LogP contribution in [0.5, 0.6) is 0 Å². The zero-order valence-electron chi connectivity index (χ0n) is 16.1. The number of carbonyl (C=O) groups excluding carboxylic acids is 1. The summed E-state index contributed by atoms with van der Waals surface area (Å²) in [5.74, 6) is 0.557. The van der Waals surface area contributed by atoms with Gasteiger partial charge in [0, 0.05) is 37.3 Å². The number of aromatic nitrogens is 3. The second-order valence-corrected chi connectivity index (χ2v) is 7.89. The first-order valence-corrected chi connectivity index (χ1v) is 10.4. The normalized spacial score (nSPS) is 17.2. The molecule has 28 heavy (non-hydrogen) atoms. The molecule has 0 saturated carbocycles. The molecule has 0 bridgehead atoms. The van der Waals surface area contributed by atoms with Crippen LogP contribution in [-0.4, -0.2) is 38.3 Å². The van der Waals surface area contributed by atoms with Gasteiger partial charge in [0.15, 0.2) is 0 Å². The Balaban J connectivity index is 1.58. The monoisotopic (exact) mass is 396 g/mol. The number of piperidine rings is 1. The largest absolute Gasteiger partial charge is 0.342 e. The molecule has 4 rings (SSSR count). The summed E-state index contributed by atoms with van der Waals surface area (Å²) in [6.07, 6.45) is 8.45. The minimum atomic E-state index is 0.277. The van der Waals surface area contributed by atoms with E-state index in [1.54, 1.807) is 0 Å². The van der Waals surface area contributed by atoms with Crippen LogP contribution >= 0.6 is 11.6 Å². The first-order valence-electron chi connectivity index (χ1n) is 10.0. The number of carbonyl (C=O) groups is 1. The van der Waals surface area contributed by atoms with Crippen molar-refractivity contribution in [2.75, 3.05) is 13.1 Å². The van der Waals surface area contributed by atoms with Gasteiger partial charge in [0.25, 0.3) is 0 Å². The standard InChI is InChI=1S/C22H25ClN4O/c1-2-3-9-22(28)26-12-5-6-16(14-26)18-7-4-8-19(25-18)20-13-24-21-11-10-17(23)15-27(20)21/h4,7-8,10-11,13,15-16H,2-3,5-6,9,12,14H2,1H3/t16-/m1/s1. The molecule has 5 nitrogen and oxygen atoms in total. The van der Waals surface area contributed by atoms with Gasteiger partial charge < -0.3 is 4.90 Å². The molecule has 1 aliphatic rings. The lowest BCUT2D eigenvalue weighted by Crippen LogP contribution is -2.39. The Kier molecular flexibility index (Phi) is 5.62. The summed E-state index contributed by atoms with van der Waals surface area (Å²) in [7, 11) is 0. The summed E-state index contributed by atoms with van der Waals surface area (Å²) in [5, 5.41) is 0.663. The molecule has 0 aromatic carbocycles. The Bertz CT molecular complexity index is 984. The van der Waals surface area contributed by atoms with Crippen LogP contribution in [0.3, 0.4) is 0 Å². The van der Waals surface area contributed by atoms with E-state index in [0.29, 0.717) is 11.4 Å². The Morgan fingerprint density at radius 3 is 3.04 bits per heavy atom. The number of hydrogen-bond acceptors (Lipinski definition) is 3. The molecular weight excluding hydrogens is 372 g/mol. The molecule has 146 valence electrons. The van der Waals surface area contributed by atoms with Gasteiger partial charge in [-0.2, -0.15) is 0 Å². The van der Waals surface area contributed by atoms with Gasteiger partial charge in [0.05, 0.1) is 22.6 Å². The Hall–Kier alpha value is -2.40. The summed E-state index contributed by atoms with van der Waals surface area (Å²) < 4.78 is 1.97. The maximum Gasteiger partial charge on any atom is 0.222 e. The minimum Gasteiger partial charge on any atom is -0.342 e. The van der Waals surface area contributed by atoms with Crippen LogP contribution in [-0.2, 0) is 4.79 Å². The smallest absolute Gasteiger partial charge is 0.222 e. The van der Waals surface area contributed by atoms with Gasteiger partial charge in [-0.3, -0.25) is 14.2 Å². The average molecular weight is 397 g/mol. The quantitative estimate of drug-likeness (QED) is 0.613. The second-order valence-electron chi connectivity index (χ2n) is 7.45. The first-order chi connectivity index (χ1) is 13.7. The lowest BCUT2D eigenvalue weighted by Gasteiger charge is -2.32. The third-order valence-corrected chi connectivity index (χ3v) is 5.66. The molecular formula is C22H25ClN4O. The zero-order chi connectivity index (χ0) is 19.5. The molecule has 3 aromatic rings. The molecule has 4 heterocycles. The van der Waals surface area contributed by atoms with Crippen LogP contribution in [0.4, 0.5) is 0 Å². The van der Waals surface area contributed by atoms with Crippen molar-refractivity contribution in [3.63, 3.8) is 0 Å². The number of rotatable bonds is 5. The fraction of sp³-hybridized carbons (Fsp3) is 0.409. The van der Waals surface area contributed by atoms with E-state index in [9.17, 15) is 4.79 Å². The number of hydrogen-bond donors (Lipinski definition) is 0. The van der Waals surface area contributed by atoms with Gasteiger partial charge in [-0.1, -0.05) is 31.0 Å². The highest BCUT2D eigenvalue weighted by atomic mass is 35.5. The summed E-state index contributed by atoms with van der Waals surface area (Å²) in [6.45, 7) is 3.75. The predicted molar refractivity (Wildman–Crippen MR) is 112 cm³/mol. The zero-order valence-corrected chi connectivity index (χ0v) is 16.9. The predicted octanol–water partition coefficient (Wildman–Crippen LogP) is 4.95. The van der Waals surface area contributed by atoms with Gasteiger partial charge in [0.2, 0.25) is 5.91 Å². The van der Waals surface area contributed by atoms with E-state index in [0.717, 1.165) is 61.5 Å². The number of likely N-dealkylation sites (tertiary alicyclic amines) is 1. The van der Waals surface area contributed by atoms with Crippen LogP contribution in [0.2, 0.25) is 5.02 Å². The molecule has 1 aliphatic heterocycles. The first kappa shape index (κ1) is 18.9. The summed E-state index contributed by atoms with van der Waals surface area (Å²) in [6, 6.07) is 9.85. The molecule has 3 aromatic heterocycles. The van der Waals surface area contributed by atoms with Crippen molar-refractivity contribution in [2.24, 2.45) is 0 Å². The lowest BCUT2D eigenvalue weighted by molar-refractivity contribution is -0.132. The Morgan fingerprint density at radius 1 is 1.29 bits per heavy atom. The van der Waals surface area contributed by atoms with Gasteiger partial charge in [-0.25, -0.2) is 4.98 Å². The van der Waals surface area contributed by atoms with E-state index in [1.807, 2.05) is 46.0 Å². The number of nitrogens with zero attached hydrogens (tertiary/aromatic N) is 4. The Labute approximate surface area is 170 Å². The number of unbranched alkanes of at least 4 members (excludes halogenated alkanes) is 1. The van der Waals surface area contributed by atoms with Crippen LogP contribution < -0.4 is 0 Å². The molecule has 1 fully saturated rings. The highest BCUT2D eigenvalue weighted by molar-refractivity contribution is 6.30. The summed E-state index contributed by atoms with van der Waals surface area (Å²) >= 11 is 6.16. The topological polar surface area (TPSA) is 50.5 Å². The molecule has 0 aliphatic carbocycles. The summed E-state index contributed by atoms with van der Waals surface area (Å²) in [5.41, 5.74) is 3.69. The third-order valence-electron chi connectivity index (χ3n) is 5.44. The van der Waals surface area contributed by atoms with Crippen molar-refractivity contribution >= 4 is 23.2 Å². The van der Waals surface area contributed by atoms with Crippen LogP contribution in [0.15, 0.2) is 42.7 Å². The van der Waals surface area contributed by atoms with Gasteiger partial charge in [-0.15, -0.1) is 0 Å². The molecule has 1 atom stereocenters. The van der Waals surface area contributed by atoms with Crippen molar-refractivity contribution in [3.05, 3.63) is 53.4 Å². The third kappa shape index (κ3) is 3.90. The van der Waals surface area contributed by atoms with E-state index in [2.05, 4.69) is 18.0 Å². The van der Waals surface area contributed by atoms with E-state index >= 15 is 0 Å². The van der Waals surface area contributed by atoms with Crippen LogP contribution in [0.1, 0.15) is 50.6 Å². The second kappa shape index (κ2) is 8.31. The highest BCUT2D eigenvalue weighted by Gasteiger charge is 2.25. The SMILES string of the molecule is CCCCC(=O)N1CCC[C@@H](c2cccc(-c3cnc4ccc(Cl)cn34)n2)C1. The number of imidazole rings is 1. The number of amides is 1. The fourth-order valence-electron chi connectivity index (χ4n) is 3.90. The van der Waals surface area contributed by atoms with Gasteiger partial charge in [-0.05, 0) is 43.5 Å². The van der Waals surface area contributed by atoms with Crippen molar-refractivity contribution < 1.29 is 4.79 Å². The van der Waals surface area contributed by atoms with Crippen molar-refractivity contribution in [1.29, 1.82) is 0 Å². The van der Waals surface area contributed by atoms with Crippen LogP contribution in [0, 0.1) is 0 Å². The van der Waals surface area contributed by atoms with Gasteiger partial charge in [0.1, 0.15) is 5.65 Å². The molecule has 0 unspecified atom stereocenters. The van der Waals surface area contributed by atoms with E-state index in [1.165, 1.54) is 0 Å². The van der Waals surface area contributed by atoms with Crippen molar-refractivity contribution in [1.82, 2.24) is 19.3 Å². The fourth-order valence-corrected chi connectivity index (χ4v) is 4.06. The molecule has 0 radical (unpaired) electrons. The lowest BCUT2D eigenvalue weighted by atomic mass is 9.93. The van der Waals surface area contributed by atoms with E-state index < -0.39 is 0 Å².